The van der Waals surface area contributed by atoms with Crippen LogP contribution >= 0.6 is 0 Å². The van der Waals surface area contributed by atoms with Gasteiger partial charge in [-0.3, -0.25) is 4.79 Å². The standard InChI is InChI=1S/C7H12O3/c1-6(2)4-9-7(3)10-5-8/h5,7H,1,4H2,2-3H3. The van der Waals surface area contributed by atoms with Crippen molar-refractivity contribution in [2.45, 2.75) is 20.1 Å². The lowest BCUT2D eigenvalue weighted by Gasteiger charge is -2.09. The molecule has 0 N–H and O–H groups in total. The molecule has 0 heterocycles. The van der Waals surface area contributed by atoms with Crippen LogP contribution < -0.4 is 0 Å². The molecule has 0 fully saturated rings. The van der Waals surface area contributed by atoms with E-state index in [1.165, 1.54) is 0 Å². The van der Waals surface area contributed by atoms with Crippen LogP contribution in [0.4, 0.5) is 0 Å². The summed E-state index contributed by atoms with van der Waals surface area (Å²) < 4.78 is 9.44. The van der Waals surface area contributed by atoms with Gasteiger partial charge in [-0.15, -0.1) is 0 Å². The molecule has 0 aliphatic heterocycles. The van der Waals surface area contributed by atoms with Gasteiger partial charge in [0.05, 0.1) is 6.61 Å². The molecule has 58 valence electrons. The minimum atomic E-state index is -0.478. The third-order valence-corrected chi connectivity index (χ3v) is 0.812. The molecule has 0 spiro atoms. The number of ether oxygens (including phenoxy) is 2. The summed E-state index contributed by atoms with van der Waals surface area (Å²) in [5.41, 5.74) is 0.904. The summed E-state index contributed by atoms with van der Waals surface area (Å²) >= 11 is 0. The number of hydrogen-bond donors (Lipinski definition) is 0. The Hall–Kier alpha value is -0.830. The number of hydrogen-bond acceptors (Lipinski definition) is 3. The van der Waals surface area contributed by atoms with Crippen molar-refractivity contribution in [2.24, 2.45) is 0 Å². The van der Waals surface area contributed by atoms with Gasteiger partial charge in [-0.1, -0.05) is 12.2 Å². The van der Waals surface area contributed by atoms with Crippen LogP contribution in [0.5, 0.6) is 0 Å². The molecular formula is C7H12O3. The quantitative estimate of drug-likeness (QED) is 0.329. The predicted octanol–water partition coefficient (Wildman–Crippen LogP) is 1.10. The van der Waals surface area contributed by atoms with E-state index in [2.05, 4.69) is 11.3 Å². The Balaban J connectivity index is 3.29. The monoisotopic (exact) mass is 144 g/mol. The Morgan fingerprint density at radius 1 is 1.80 bits per heavy atom. The van der Waals surface area contributed by atoms with Crippen LogP contribution in [0.3, 0.4) is 0 Å². The lowest BCUT2D eigenvalue weighted by molar-refractivity contribution is -0.157. The van der Waals surface area contributed by atoms with Crippen molar-refractivity contribution < 1.29 is 14.3 Å². The van der Waals surface area contributed by atoms with E-state index < -0.39 is 6.29 Å². The molecule has 0 bridgehead atoms. The molecule has 0 aromatic rings. The molecule has 3 heteroatoms. The van der Waals surface area contributed by atoms with E-state index in [9.17, 15) is 4.79 Å². The summed E-state index contributed by atoms with van der Waals surface area (Å²) in [4.78, 5) is 9.74. The summed E-state index contributed by atoms with van der Waals surface area (Å²) in [7, 11) is 0. The van der Waals surface area contributed by atoms with Crippen LogP contribution in [-0.2, 0) is 14.3 Å². The highest BCUT2D eigenvalue weighted by Gasteiger charge is 1.98. The van der Waals surface area contributed by atoms with E-state index >= 15 is 0 Å². The highest BCUT2D eigenvalue weighted by Crippen LogP contribution is 1.94. The van der Waals surface area contributed by atoms with E-state index in [4.69, 9.17) is 4.74 Å². The summed E-state index contributed by atoms with van der Waals surface area (Å²) in [6.07, 6.45) is -0.478. The zero-order chi connectivity index (χ0) is 7.98. The molecule has 1 unspecified atom stereocenters. The van der Waals surface area contributed by atoms with E-state index in [0.29, 0.717) is 13.1 Å². The molecule has 0 aromatic heterocycles. The zero-order valence-electron chi connectivity index (χ0n) is 6.29. The fourth-order valence-electron chi connectivity index (χ4n) is 0.377. The smallest absolute Gasteiger partial charge is 0.295 e. The minimum Gasteiger partial charge on any atom is -0.438 e. The maximum Gasteiger partial charge on any atom is 0.295 e. The minimum absolute atomic E-state index is 0.364. The predicted molar refractivity (Wildman–Crippen MR) is 37.4 cm³/mol. The van der Waals surface area contributed by atoms with Crippen molar-refractivity contribution in [3.05, 3.63) is 12.2 Å². The first kappa shape index (κ1) is 9.17. The molecule has 0 rings (SSSR count). The topological polar surface area (TPSA) is 35.5 Å². The van der Waals surface area contributed by atoms with Crippen molar-refractivity contribution in [3.8, 4) is 0 Å². The Labute approximate surface area is 60.6 Å². The SMILES string of the molecule is C=C(C)COC(C)OC=O. The van der Waals surface area contributed by atoms with Crippen molar-refractivity contribution in [2.75, 3.05) is 6.61 Å². The largest absolute Gasteiger partial charge is 0.438 e. The fourth-order valence-corrected chi connectivity index (χ4v) is 0.377. The highest BCUT2D eigenvalue weighted by atomic mass is 16.7. The first-order valence-corrected chi connectivity index (χ1v) is 3.02. The highest BCUT2D eigenvalue weighted by molar-refractivity contribution is 5.37. The zero-order valence-corrected chi connectivity index (χ0v) is 6.29. The number of carbonyl (C=O) groups excluding carboxylic acids is 1. The molecular weight excluding hydrogens is 132 g/mol. The normalized spacial score (nSPS) is 12.2. The maximum atomic E-state index is 9.74. The van der Waals surface area contributed by atoms with E-state index in [1.807, 2.05) is 6.92 Å². The average Bonchev–Trinajstić information content (AvgIpc) is 1.85. The van der Waals surface area contributed by atoms with Crippen LogP contribution in [0.2, 0.25) is 0 Å². The molecule has 10 heavy (non-hydrogen) atoms. The molecule has 0 aliphatic rings. The third kappa shape index (κ3) is 5.31. The van der Waals surface area contributed by atoms with Gasteiger partial charge in [-0.2, -0.15) is 0 Å². The van der Waals surface area contributed by atoms with Crippen LogP contribution in [-0.4, -0.2) is 19.4 Å². The lowest BCUT2D eigenvalue weighted by atomic mass is 10.4. The van der Waals surface area contributed by atoms with Crippen molar-refractivity contribution in [1.82, 2.24) is 0 Å². The Bertz CT molecular complexity index is 120. The summed E-state index contributed by atoms with van der Waals surface area (Å²) in [5.74, 6) is 0. The fraction of sp³-hybridized carbons (Fsp3) is 0.571. The average molecular weight is 144 g/mol. The van der Waals surface area contributed by atoms with Gasteiger partial charge in [0.2, 0.25) is 0 Å². The summed E-state index contributed by atoms with van der Waals surface area (Å²) in [5, 5.41) is 0. The Morgan fingerprint density at radius 3 is 2.80 bits per heavy atom. The van der Waals surface area contributed by atoms with Gasteiger partial charge in [-0.25, -0.2) is 0 Å². The first-order chi connectivity index (χ1) is 4.66. The number of rotatable bonds is 5. The third-order valence-electron chi connectivity index (χ3n) is 0.812. The second-order valence-corrected chi connectivity index (χ2v) is 2.07. The van der Waals surface area contributed by atoms with Crippen LogP contribution in [0, 0.1) is 0 Å². The van der Waals surface area contributed by atoms with E-state index in [-0.39, 0.29) is 0 Å². The van der Waals surface area contributed by atoms with Gasteiger partial charge in [0.25, 0.3) is 6.47 Å². The van der Waals surface area contributed by atoms with Crippen LogP contribution in [0.1, 0.15) is 13.8 Å². The lowest BCUT2D eigenvalue weighted by Crippen LogP contribution is -2.12. The molecule has 0 radical (unpaired) electrons. The second kappa shape index (κ2) is 4.99. The number of carbonyl (C=O) groups is 1. The van der Waals surface area contributed by atoms with Gasteiger partial charge in [-0.05, 0) is 13.8 Å². The maximum absolute atomic E-state index is 9.74. The van der Waals surface area contributed by atoms with E-state index in [0.717, 1.165) is 5.57 Å². The molecule has 1 atom stereocenters. The van der Waals surface area contributed by atoms with Gasteiger partial charge in [0.15, 0.2) is 6.29 Å². The van der Waals surface area contributed by atoms with Gasteiger partial charge >= 0.3 is 0 Å². The van der Waals surface area contributed by atoms with Gasteiger partial charge in [0.1, 0.15) is 0 Å². The molecule has 0 aliphatic carbocycles. The summed E-state index contributed by atoms with van der Waals surface area (Å²) in [6.45, 7) is 7.90. The summed E-state index contributed by atoms with van der Waals surface area (Å²) in [6, 6.07) is 0. The molecule has 0 saturated carbocycles. The van der Waals surface area contributed by atoms with Crippen LogP contribution in [0.25, 0.3) is 0 Å². The molecule has 0 saturated heterocycles. The van der Waals surface area contributed by atoms with Crippen molar-refractivity contribution in [1.29, 1.82) is 0 Å². The van der Waals surface area contributed by atoms with Gasteiger partial charge in [0, 0.05) is 0 Å². The molecule has 0 aromatic carbocycles. The first-order valence-electron chi connectivity index (χ1n) is 3.02. The Morgan fingerprint density at radius 2 is 2.40 bits per heavy atom. The molecule has 0 amide bonds. The van der Waals surface area contributed by atoms with E-state index in [1.54, 1.807) is 6.92 Å². The van der Waals surface area contributed by atoms with Crippen molar-refractivity contribution in [3.63, 3.8) is 0 Å². The Kier molecular flexibility index (Phi) is 4.58. The van der Waals surface area contributed by atoms with Crippen LogP contribution in [0.15, 0.2) is 12.2 Å². The van der Waals surface area contributed by atoms with Crippen molar-refractivity contribution >= 4 is 6.47 Å². The second-order valence-electron chi connectivity index (χ2n) is 2.07. The van der Waals surface area contributed by atoms with Gasteiger partial charge < -0.3 is 9.47 Å². The molecule has 3 nitrogen and oxygen atoms in total.